The molecule has 1 heterocycles. The average molecular weight is 229 g/mol. The topological polar surface area (TPSA) is 46.3 Å². The van der Waals surface area contributed by atoms with Crippen molar-refractivity contribution in [3.63, 3.8) is 0 Å². The summed E-state index contributed by atoms with van der Waals surface area (Å²) in [5, 5.41) is 13.1. The van der Waals surface area contributed by atoms with Crippen LogP contribution in [0.3, 0.4) is 0 Å². The molecule has 0 radical (unpaired) electrons. The molecule has 0 spiro atoms. The summed E-state index contributed by atoms with van der Waals surface area (Å²) in [6.07, 6.45) is 2.94. The van der Waals surface area contributed by atoms with Crippen molar-refractivity contribution in [1.29, 1.82) is 0 Å². The van der Waals surface area contributed by atoms with Gasteiger partial charge in [-0.3, -0.25) is 0 Å². The molecule has 17 heavy (non-hydrogen) atoms. The van der Waals surface area contributed by atoms with Crippen LogP contribution in [0.4, 0.5) is 0 Å². The monoisotopic (exact) mass is 229 g/mol. The van der Waals surface area contributed by atoms with E-state index in [9.17, 15) is 5.11 Å². The summed E-state index contributed by atoms with van der Waals surface area (Å²) < 4.78 is 5.25. The quantitative estimate of drug-likeness (QED) is 0.860. The Bertz CT molecular complexity index is 491. The number of aliphatic hydroxyl groups excluding tert-OH is 1. The van der Waals surface area contributed by atoms with Gasteiger partial charge >= 0.3 is 0 Å². The van der Waals surface area contributed by atoms with E-state index in [1.165, 1.54) is 5.56 Å². The van der Waals surface area contributed by atoms with Gasteiger partial charge in [-0.1, -0.05) is 35.5 Å². The molecule has 3 nitrogen and oxygen atoms in total. The smallest absolute Gasteiger partial charge is 0.140 e. The Labute approximate surface area is 100 Å². The molecule has 0 amide bonds. The third-order valence-corrected chi connectivity index (χ3v) is 3.54. The molecule has 0 saturated heterocycles. The maximum Gasteiger partial charge on any atom is 0.140 e. The van der Waals surface area contributed by atoms with Gasteiger partial charge in [-0.25, -0.2) is 0 Å². The summed E-state index contributed by atoms with van der Waals surface area (Å²) in [6.45, 7) is -0.0274. The molecule has 1 aromatic carbocycles. The highest BCUT2D eigenvalue weighted by Gasteiger charge is 2.26. The lowest BCUT2D eigenvalue weighted by Crippen LogP contribution is -2.12. The van der Waals surface area contributed by atoms with Crippen molar-refractivity contribution in [3.05, 3.63) is 52.9 Å². The molecule has 88 valence electrons. The molecule has 0 fully saturated rings. The Morgan fingerprint density at radius 3 is 2.88 bits per heavy atom. The van der Waals surface area contributed by atoms with E-state index in [1.54, 1.807) is 0 Å². The van der Waals surface area contributed by atoms with Gasteiger partial charge in [0.15, 0.2) is 0 Å². The van der Waals surface area contributed by atoms with Gasteiger partial charge in [0.2, 0.25) is 0 Å². The zero-order valence-electron chi connectivity index (χ0n) is 9.60. The Balaban J connectivity index is 1.89. The van der Waals surface area contributed by atoms with Crippen LogP contribution in [0.5, 0.6) is 0 Å². The molecule has 2 aromatic rings. The fourth-order valence-electron chi connectivity index (χ4n) is 2.60. The minimum absolute atomic E-state index is 0.0274. The van der Waals surface area contributed by atoms with Gasteiger partial charge < -0.3 is 9.63 Å². The Hall–Kier alpha value is -1.61. The van der Waals surface area contributed by atoms with E-state index < -0.39 is 0 Å². The predicted octanol–water partition coefficient (Wildman–Crippen LogP) is 2.44. The van der Waals surface area contributed by atoms with Crippen molar-refractivity contribution >= 4 is 0 Å². The van der Waals surface area contributed by atoms with Gasteiger partial charge in [-0.15, -0.1) is 0 Å². The van der Waals surface area contributed by atoms with E-state index in [-0.39, 0.29) is 6.61 Å². The first kappa shape index (κ1) is 10.5. The molecule has 3 heteroatoms. The average Bonchev–Trinajstić information content (AvgIpc) is 2.81. The number of hydrogen-bond acceptors (Lipinski definition) is 3. The standard InChI is InChI=1S/C14H15NO2/c16-9-13-12-8-11(6-7-14(12)17-15-13)10-4-2-1-3-5-10/h1-5,11,16H,6-9H2. The number of aryl methyl sites for hydroxylation is 1. The lowest BCUT2D eigenvalue weighted by Gasteiger charge is -2.21. The second-order valence-corrected chi connectivity index (χ2v) is 4.54. The molecule has 1 unspecified atom stereocenters. The first-order valence-electron chi connectivity index (χ1n) is 6.00. The highest BCUT2D eigenvalue weighted by atomic mass is 16.5. The predicted molar refractivity (Wildman–Crippen MR) is 63.6 cm³/mol. The molecule has 1 aliphatic carbocycles. The fourth-order valence-corrected chi connectivity index (χ4v) is 2.60. The third kappa shape index (κ3) is 1.87. The zero-order valence-corrected chi connectivity index (χ0v) is 9.60. The first-order chi connectivity index (χ1) is 8.38. The van der Waals surface area contributed by atoms with Gasteiger partial charge in [-0.2, -0.15) is 0 Å². The molecule has 1 N–H and O–H groups in total. The SMILES string of the molecule is OCc1noc2c1CC(c1ccccc1)CC2. The number of hydrogen-bond donors (Lipinski definition) is 1. The summed E-state index contributed by atoms with van der Waals surface area (Å²) >= 11 is 0. The van der Waals surface area contributed by atoms with E-state index in [2.05, 4.69) is 29.4 Å². The van der Waals surface area contributed by atoms with E-state index in [4.69, 9.17) is 4.52 Å². The lowest BCUT2D eigenvalue weighted by molar-refractivity contribution is 0.265. The molecular weight excluding hydrogens is 214 g/mol. The molecular formula is C14H15NO2. The highest BCUT2D eigenvalue weighted by molar-refractivity contribution is 5.31. The maximum atomic E-state index is 9.22. The van der Waals surface area contributed by atoms with E-state index in [0.717, 1.165) is 30.6 Å². The van der Waals surface area contributed by atoms with Crippen molar-refractivity contribution in [2.45, 2.75) is 31.8 Å². The molecule has 0 aliphatic heterocycles. The van der Waals surface area contributed by atoms with Crippen molar-refractivity contribution in [2.24, 2.45) is 0 Å². The summed E-state index contributed by atoms with van der Waals surface area (Å²) in [7, 11) is 0. The van der Waals surface area contributed by atoms with Crippen molar-refractivity contribution in [1.82, 2.24) is 5.16 Å². The van der Waals surface area contributed by atoms with E-state index in [0.29, 0.717) is 11.6 Å². The molecule has 0 saturated carbocycles. The van der Waals surface area contributed by atoms with Gasteiger partial charge in [0.05, 0.1) is 6.61 Å². The number of benzene rings is 1. The van der Waals surface area contributed by atoms with Gasteiger partial charge in [0.25, 0.3) is 0 Å². The second-order valence-electron chi connectivity index (χ2n) is 4.54. The normalized spacial score (nSPS) is 19.0. The number of nitrogens with zero attached hydrogens (tertiary/aromatic N) is 1. The van der Waals surface area contributed by atoms with Crippen LogP contribution in [0, 0.1) is 0 Å². The van der Waals surface area contributed by atoms with Crippen LogP contribution in [0.2, 0.25) is 0 Å². The highest BCUT2D eigenvalue weighted by Crippen LogP contribution is 2.34. The molecule has 1 aliphatic rings. The largest absolute Gasteiger partial charge is 0.390 e. The van der Waals surface area contributed by atoms with Gasteiger partial charge in [0.1, 0.15) is 11.5 Å². The van der Waals surface area contributed by atoms with Crippen LogP contribution < -0.4 is 0 Å². The van der Waals surface area contributed by atoms with Gasteiger partial charge in [0, 0.05) is 12.0 Å². The number of aromatic nitrogens is 1. The van der Waals surface area contributed by atoms with Crippen LogP contribution in [0.25, 0.3) is 0 Å². The number of fused-ring (bicyclic) bond motifs is 1. The lowest BCUT2D eigenvalue weighted by atomic mass is 9.82. The maximum absolute atomic E-state index is 9.22. The van der Waals surface area contributed by atoms with E-state index in [1.807, 2.05) is 6.07 Å². The third-order valence-electron chi connectivity index (χ3n) is 3.54. The molecule has 1 aromatic heterocycles. The second kappa shape index (κ2) is 4.34. The Morgan fingerprint density at radius 1 is 1.29 bits per heavy atom. The minimum atomic E-state index is -0.0274. The number of aliphatic hydroxyl groups is 1. The van der Waals surface area contributed by atoms with Crippen LogP contribution in [-0.2, 0) is 19.4 Å². The summed E-state index contributed by atoms with van der Waals surface area (Å²) in [5.74, 6) is 1.48. The fraction of sp³-hybridized carbons (Fsp3) is 0.357. The molecule has 1 atom stereocenters. The zero-order chi connectivity index (χ0) is 11.7. The Morgan fingerprint density at radius 2 is 2.12 bits per heavy atom. The summed E-state index contributed by atoms with van der Waals surface area (Å²) in [4.78, 5) is 0. The van der Waals surface area contributed by atoms with Crippen LogP contribution in [0.15, 0.2) is 34.9 Å². The minimum Gasteiger partial charge on any atom is -0.390 e. The van der Waals surface area contributed by atoms with Gasteiger partial charge in [-0.05, 0) is 24.3 Å². The summed E-state index contributed by atoms with van der Waals surface area (Å²) in [5.41, 5.74) is 3.19. The van der Waals surface area contributed by atoms with E-state index >= 15 is 0 Å². The van der Waals surface area contributed by atoms with Crippen molar-refractivity contribution < 1.29 is 9.63 Å². The Kier molecular flexibility index (Phi) is 2.69. The molecule has 3 rings (SSSR count). The molecule has 0 bridgehead atoms. The van der Waals surface area contributed by atoms with Crippen LogP contribution in [0.1, 0.15) is 34.9 Å². The van der Waals surface area contributed by atoms with Crippen LogP contribution >= 0.6 is 0 Å². The van der Waals surface area contributed by atoms with Crippen LogP contribution in [-0.4, -0.2) is 10.3 Å². The first-order valence-corrected chi connectivity index (χ1v) is 6.00. The van der Waals surface area contributed by atoms with Crippen molar-refractivity contribution in [2.75, 3.05) is 0 Å². The number of rotatable bonds is 2. The summed E-state index contributed by atoms with van der Waals surface area (Å²) in [6, 6.07) is 10.5. The van der Waals surface area contributed by atoms with Crippen molar-refractivity contribution in [3.8, 4) is 0 Å².